The van der Waals surface area contributed by atoms with Gasteiger partial charge in [-0.15, -0.1) is 0 Å². The summed E-state index contributed by atoms with van der Waals surface area (Å²) in [6.07, 6.45) is 1.36. The molecule has 1 aliphatic carbocycles. The number of carbonyl (C=O) groups excluding carboxylic acids is 2. The van der Waals surface area contributed by atoms with Crippen LogP contribution in [0.2, 0.25) is 0 Å². The molecule has 10 nitrogen and oxygen atoms in total. The van der Waals surface area contributed by atoms with E-state index >= 15 is 0 Å². The van der Waals surface area contributed by atoms with Crippen LogP contribution in [-0.2, 0) is 4.79 Å². The molecule has 3 aromatic rings. The summed E-state index contributed by atoms with van der Waals surface area (Å²) < 4.78 is 19.9. The molecule has 3 heterocycles. The average molecular weight is 498 g/mol. The van der Waals surface area contributed by atoms with Crippen LogP contribution < -0.4 is 10.1 Å². The Kier molecular flexibility index (Phi) is 6.35. The number of rotatable bonds is 7. The minimum Gasteiger partial charge on any atom is -0.492 e. The van der Waals surface area contributed by atoms with Crippen molar-refractivity contribution < 1.29 is 28.9 Å². The monoisotopic (exact) mass is 497 g/mol. The highest BCUT2D eigenvalue weighted by molar-refractivity contribution is 6.09. The first-order chi connectivity index (χ1) is 17.2. The summed E-state index contributed by atoms with van der Waals surface area (Å²) in [4.78, 5) is 38.6. The molecular formula is C25H28FN5O5. The van der Waals surface area contributed by atoms with E-state index in [1.165, 1.54) is 30.3 Å². The number of aliphatic hydroxyl groups is 2. The van der Waals surface area contributed by atoms with Crippen molar-refractivity contribution in [2.75, 3.05) is 19.7 Å². The van der Waals surface area contributed by atoms with E-state index in [2.05, 4.69) is 20.3 Å². The largest absolute Gasteiger partial charge is 0.492 e. The smallest absolute Gasteiger partial charge is 0.255 e. The molecule has 3 atom stereocenters. The molecule has 0 unspecified atom stereocenters. The molecule has 4 N–H and O–H groups in total. The second-order valence-electron chi connectivity index (χ2n) is 9.53. The molecular weight excluding hydrogens is 469 g/mol. The van der Waals surface area contributed by atoms with Crippen LogP contribution in [0.15, 0.2) is 24.5 Å². The first-order valence-electron chi connectivity index (χ1n) is 11.9. The molecule has 2 fully saturated rings. The number of nitrogens with zero attached hydrogens (tertiary/aromatic N) is 3. The Hall–Kier alpha value is -3.57. The van der Waals surface area contributed by atoms with Crippen molar-refractivity contribution in [3.05, 3.63) is 41.6 Å². The lowest BCUT2D eigenvalue weighted by Crippen LogP contribution is -2.43. The van der Waals surface area contributed by atoms with E-state index in [1.54, 1.807) is 13.0 Å². The van der Waals surface area contributed by atoms with Gasteiger partial charge in [-0.2, -0.15) is 0 Å². The van der Waals surface area contributed by atoms with Crippen LogP contribution in [0.4, 0.5) is 4.39 Å². The third-order valence-corrected chi connectivity index (χ3v) is 6.64. The van der Waals surface area contributed by atoms with Crippen LogP contribution in [0.1, 0.15) is 35.8 Å². The minimum absolute atomic E-state index is 0.0159. The summed E-state index contributed by atoms with van der Waals surface area (Å²) in [5.41, 5.74) is 2.75. The zero-order valence-corrected chi connectivity index (χ0v) is 20.0. The van der Waals surface area contributed by atoms with Crippen LogP contribution >= 0.6 is 0 Å². The second kappa shape index (κ2) is 9.47. The highest BCUT2D eigenvalue weighted by Gasteiger charge is 2.37. The van der Waals surface area contributed by atoms with E-state index in [9.17, 15) is 24.2 Å². The zero-order valence-electron chi connectivity index (χ0n) is 20.0. The Morgan fingerprint density at radius 3 is 2.81 bits per heavy atom. The summed E-state index contributed by atoms with van der Waals surface area (Å²) in [5, 5.41) is 22.7. The lowest BCUT2D eigenvalue weighted by molar-refractivity contribution is -0.138. The maximum atomic E-state index is 14.0. The van der Waals surface area contributed by atoms with Crippen LogP contribution in [-0.4, -0.2) is 79.8 Å². The highest BCUT2D eigenvalue weighted by atomic mass is 19.1. The van der Waals surface area contributed by atoms with Crippen molar-refractivity contribution in [3.8, 4) is 17.0 Å². The Morgan fingerprint density at radius 1 is 1.31 bits per heavy atom. The maximum Gasteiger partial charge on any atom is 0.255 e. The number of hydrogen-bond donors (Lipinski definition) is 4. The molecule has 1 aliphatic heterocycles. The average Bonchev–Trinajstić information content (AvgIpc) is 3.51. The SMILES string of the molecule is Cc1[nH]c2c(-c3ccc(F)cc3OCC3CC3)ncnc2c1C(=O)N[C@@H]1CN(C(=O)[C@H](C)O)C[C@H]1O. The maximum absolute atomic E-state index is 14.0. The van der Waals surface area contributed by atoms with E-state index in [-0.39, 0.29) is 18.7 Å². The predicted molar refractivity (Wildman–Crippen MR) is 128 cm³/mol. The number of carbonyl (C=O) groups is 2. The molecule has 1 saturated heterocycles. The van der Waals surface area contributed by atoms with Gasteiger partial charge in [-0.3, -0.25) is 9.59 Å². The molecule has 0 radical (unpaired) electrons. The summed E-state index contributed by atoms with van der Waals surface area (Å²) in [5.74, 6) is -0.547. The third-order valence-electron chi connectivity index (χ3n) is 6.64. The van der Waals surface area contributed by atoms with Crippen LogP contribution in [0.3, 0.4) is 0 Å². The van der Waals surface area contributed by atoms with Gasteiger partial charge in [0, 0.05) is 30.4 Å². The number of nitrogens with one attached hydrogen (secondary N) is 2. The number of aliphatic hydroxyl groups excluding tert-OH is 2. The van der Waals surface area contributed by atoms with Gasteiger partial charge in [-0.1, -0.05) is 0 Å². The van der Waals surface area contributed by atoms with E-state index in [0.29, 0.717) is 46.3 Å². The van der Waals surface area contributed by atoms with Gasteiger partial charge in [0.05, 0.1) is 29.8 Å². The second-order valence-corrected chi connectivity index (χ2v) is 9.53. The number of benzene rings is 1. The Balaban J connectivity index is 1.44. The van der Waals surface area contributed by atoms with E-state index in [1.807, 2.05) is 0 Å². The molecule has 1 aromatic carbocycles. The number of likely N-dealkylation sites (tertiary alicyclic amines) is 1. The molecule has 2 aliphatic rings. The number of aromatic amines is 1. The molecule has 0 spiro atoms. The van der Waals surface area contributed by atoms with E-state index in [4.69, 9.17) is 4.74 Å². The zero-order chi connectivity index (χ0) is 25.6. The van der Waals surface area contributed by atoms with Gasteiger partial charge in [0.25, 0.3) is 11.8 Å². The van der Waals surface area contributed by atoms with Gasteiger partial charge in [-0.05, 0) is 44.7 Å². The first-order valence-corrected chi connectivity index (χ1v) is 11.9. The topological polar surface area (TPSA) is 141 Å². The van der Waals surface area contributed by atoms with Gasteiger partial charge >= 0.3 is 0 Å². The Morgan fingerprint density at radius 2 is 2.08 bits per heavy atom. The van der Waals surface area contributed by atoms with Crippen molar-refractivity contribution in [2.45, 2.75) is 44.9 Å². The molecule has 0 bridgehead atoms. The third kappa shape index (κ3) is 4.63. The summed E-state index contributed by atoms with van der Waals surface area (Å²) >= 11 is 0. The quantitative estimate of drug-likeness (QED) is 0.388. The van der Waals surface area contributed by atoms with Crippen molar-refractivity contribution in [3.63, 3.8) is 0 Å². The molecule has 5 rings (SSSR count). The van der Waals surface area contributed by atoms with Crippen LogP contribution in [0.25, 0.3) is 22.3 Å². The van der Waals surface area contributed by atoms with Crippen molar-refractivity contribution in [2.24, 2.45) is 5.92 Å². The summed E-state index contributed by atoms with van der Waals surface area (Å²) in [7, 11) is 0. The standard InChI is InChI=1S/C25H28FN5O5/c1-12-20(24(34)30-17-8-31(9-18(17)33)25(35)13(2)32)22-23(29-12)21(27-11-28-22)16-6-5-15(26)7-19(16)36-10-14-3-4-14/h5-7,11,13-14,17-18,29,32-33H,3-4,8-10H2,1-2H3,(H,30,34)/t13-,17+,18+/m0/s1. The van der Waals surface area contributed by atoms with Gasteiger partial charge in [-0.25, -0.2) is 14.4 Å². The molecule has 11 heteroatoms. The number of H-pyrrole nitrogens is 1. The van der Waals surface area contributed by atoms with E-state index in [0.717, 1.165) is 12.8 Å². The molecule has 190 valence electrons. The van der Waals surface area contributed by atoms with Crippen molar-refractivity contribution in [1.82, 2.24) is 25.2 Å². The summed E-state index contributed by atoms with van der Waals surface area (Å²) in [6.45, 7) is 3.68. The number of aromatic nitrogens is 3. The Bertz CT molecular complexity index is 1320. The van der Waals surface area contributed by atoms with Gasteiger partial charge < -0.3 is 30.2 Å². The fourth-order valence-corrected chi connectivity index (χ4v) is 4.52. The number of halogens is 1. The molecule has 2 amide bonds. The summed E-state index contributed by atoms with van der Waals surface area (Å²) in [6, 6.07) is 3.55. The number of aryl methyl sites for hydroxylation is 1. The lowest BCUT2D eigenvalue weighted by atomic mass is 10.1. The van der Waals surface area contributed by atoms with E-state index < -0.39 is 35.9 Å². The van der Waals surface area contributed by atoms with Gasteiger partial charge in [0.2, 0.25) is 0 Å². The van der Waals surface area contributed by atoms with Gasteiger partial charge in [0.1, 0.15) is 35.2 Å². The van der Waals surface area contributed by atoms with Crippen LogP contribution in [0, 0.1) is 18.7 Å². The fourth-order valence-electron chi connectivity index (χ4n) is 4.52. The number of hydrogen-bond acceptors (Lipinski definition) is 7. The number of β-amino-alcohol motifs (C(OH)–C–C–N with tert-alkyl or cyclic N) is 1. The first kappa shape index (κ1) is 24.1. The van der Waals surface area contributed by atoms with Gasteiger partial charge in [0.15, 0.2) is 0 Å². The van der Waals surface area contributed by atoms with Crippen LogP contribution in [0.5, 0.6) is 5.75 Å². The molecule has 1 saturated carbocycles. The lowest BCUT2D eigenvalue weighted by Gasteiger charge is -2.18. The predicted octanol–water partition coefficient (Wildman–Crippen LogP) is 1.54. The molecule has 2 aromatic heterocycles. The molecule has 36 heavy (non-hydrogen) atoms. The normalized spacial score (nSPS) is 20.5. The van der Waals surface area contributed by atoms with Crippen molar-refractivity contribution >= 4 is 22.8 Å². The Labute approximate surface area is 206 Å². The fraction of sp³-hybridized carbons (Fsp3) is 0.440. The van der Waals surface area contributed by atoms with Crippen molar-refractivity contribution in [1.29, 1.82) is 0 Å². The minimum atomic E-state index is -1.19. The number of ether oxygens (including phenoxy) is 1. The number of fused-ring (bicyclic) bond motifs is 1. The highest BCUT2D eigenvalue weighted by Crippen LogP contribution is 2.36. The number of amides is 2.